The van der Waals surface area contributed by atoms with E-state index in [2.05, 4.69) is 25.2 Å². The minimum absolute atomic E-state index is 0.0464. The van der Waals surface area contributed by atoms with Crippen LogP contribution in [0.15, 0.2) is 29.2 Å². The van der Waals surface area contributed by atoms with Crippen molar-refractivity contribution in [3.05, 3.63) is 44.9 Å². The highest BCUT2D eigenvalue weighted by molar-refractivity contribution is 7.93. The van der Waals surface area contributed by atoms with E-state index in [1.54, 1.807) is 13.8 Å². The van der Waals surface area contributed by atoms with Gasteiger partial charge in [-0.05, 0) is 38.1 Å². The summed E-state index contributed by atoms with van der Waals surface area (Å²) in [5.41, 5.74) is 0.405. The number of anilines is 2. The molecule has 0 bridgehead atoms. The van der Waals surface area contributed by atoms with Crippen molar-refractivity contribution in [2.45, 2.75) is 18.7 Å². The lowest BCUT2D eigenvalue weighted by atomic mass is 10.4. The fourth-order valence-corrected chi connectivity index (χ4v) is 4.75. The van der Waals surface area contributed by atoms with Gasteiger partial charge in [0.05, 0.1) is 10.6 Å². The SMILES string of the molecule is Cc1nnc(NC(=O)c2sc(NS(=O)(=O)c3ccc(Cl)cc3)nc2C)s1. The van der Waals surface area contributed by atoms with Gasteiger partial charge < -0.3 is 0 Å². The van der Waals surface area contributed by atoms with E-state index in [1.807, 2.05) is 0 Å². The smallest absolute Gasteiger partial charge is 0.269 e. The molecule has 0 aliphatic carbocycles. The molecule has 2 aromatic heterocycles. The Morgan fingerprint density at radius 2 is 1.77 bits per heavy atom. The van der Waals surface area contributed by atoms with Crippen LogP contribution in [0.25, 0.3) is 0 Å². The summed E-state index contributed by atoms with van der Waals surface area (Å²) in [4.78, 5) is 16.8. The van der Waals surface area contributed by atoms with E-state index in [4.69, 9.17) is 11.6 Å². The molecule has 0 aliphatic heterocycles. The maximum Gasteiger partial charge on any atom is 0.269 e. The van der Waals surface area contributed by atoms with Crippen LogP contribution in [0.4, 0.5) is 10.3 Å². The number of nitrogens with one attached hydrogen (secondary N) is 2. The van der Waals surface area contributed by atoms with Crippen molar-refractivity contribution in [2.24, 2.45) is 0 Å². The number of benzene rings is 1. The van der Waals surface area contributed by atoms with Crippen molar-refractivity contribution in [3.8, 4) is 0 Å². The third-order valence-corrected chi connectivity index (χ3v) is 6.66. The van der Waals surface area contributed by atoms with Gasteiger partial charge in [-0.2, -0.15) is 0 Å². The number of amides is 1. The average Bonchev–Trinajstić information content (AvgIpc) is 3.12. The molecule has 0 saturated carbocycles. The molecule has 0 spiro atoms. The number of aromatic nitrogens is 3. The summed E-state index contributed by atoms with van der Waals surface area (Å²) < 4.78 is 27.2. The Bertz CT molecular complexity index is 1060. The Labute approximate surface area is 162 Å². The molecule has 2 N–H and O–H groups in total. The molecule has 8 nitrogen and oxygen atoms in total. The van der Waals surface area contributed by atoms with Gasteiger partial charge in [-0.1, -0.05) is 34.3 Å². The van der Waals surface area contributed by atoms with Crippen molar-refractivity contribution < 1.29 is 13.2 Å². The predicted molar refractivity (Wildman–Crippen MR) is 102 cm³/mol. The van der Waals surface area contributed by atoms with Gasteiger partial charge in [0.1, 0.15) is 9.88 Å². The molecule has 0 aliphatic rings. The monoisotopic (exact) mass is 429 g/mol. The molecule has 0 unspecified atom stereocenters. The van der Waals surface area contributed by atoms with Crippen molar-refractivity contribution in [3.63, 3.8) is 0 Å². The summed E-state index contributed by atoms with van der Waals surface area (Å²) in [7, 11) is -3.83. The molecule has 0 fully saturated rings. The zero-order valence-electron chi connectivity index (χ0n) is 13.5. The van der Waals surface area contributed by atoms with Crippen LogP contribution < -0.4 is 10.0 Å². The molecule has 0 saturated heterocycles. The number of sulfonamides is 1. The number of halogens is 1. The highest BCUT2D eigenvalue weighted by atomic mass is 35.5. The largest absolute Gasteiger partial charge is 0.296 e. The summed E-state index contributed by atoms with van der Waals surface area (Å²) in [6.07, 6.45) is 0. The highest BCUT2D eigenvalue weighted by Crippen LogP contribution is 2.26. The lowest BCUT2D eigenvalue weighted by Gasteiger charge is -2.04. The minimum Gasteiger partial charge on any atom is -0.296 e. The second-order valence-corrected chi connectivity index (χ2v) is 9.37. The number of nitrogens with zero attached hydrogens (tertiary/aromatic N) is 3. The Balaban J connectivity index is 1.79. The molecule has 12 heteroatoms. The zero-order valence-corrected chi connectivity index (χ0v) is 16.7. The van der Waals surface area contributed by atoms with E-state index < -0.39 is 15.9 Å². The molecular formula is C14H12ClN5O3S3. The molecule has 0 atom stereocenters. The zero-order chi connectivity index (χ0) is 18.9. The first-order valence-electron chi connectivity index (χ1n) is 7.12. The molecule has 1 amide bonds. The molecule has 136 valence electrons. The highest BCUT2D eigenvalue weighted by Gasteiger charge is 2.21. The Kier molecular flexibility index (Phi) is 5.23. The van der Waals surface area contributed by atoms with Crippen LogP contribution in [0.5, 0.6) is 0 Å². The third-order valence-electron chi connectivity index (χ3n) is 3.09. The van der Waals surface area contributed by atoms with Gasteiger partial charge in [0, 0.05) is 5.02 Å². The van der Waals surface area contributed by atoms with Crippen LogP contribution >= 0.6 is 34.3 Å². The van der Waals surface area contributed by atoms with E-state index in [1.165, 1.54) is 35.6 Å². The normalized spacial score (nSPS) is 11.3. The van der Waals surface area contributed by atoms with Crippen LogP contribution in [0.1, 0.15) is 20.4 Å². The van der Waals surface area contributed by atoms with E-state index in [0.717, 1.165) is 16.3 Å². The fraction of sp³-hybridized carbons (Fsp3) is 0.143. The van der Waals surface area contributed by atoms with E-state index in [-0.39, 0.29) is 14.9 Å². The van der Waals surface area contributed by atoms with Crippen molar-refractivity contribution in [1.29, 1.82) is 0 Å². The maximum atomic E-state index is 12.4. The van der Waals surface area contributed by atoms with Crippen LogP contribution in [0.3, 0.4) is 0 Å². The summed E-state index contributed by atoms with van der Waals surface area (Å²) in [6, 6.07) is 5.73. The van der Waals surface area contributed by atoms with E-state index in [9.17, 15) is 13.2 Å². The molecular weight excluding hydrogens is 418 g/mol. The van der Waals surface area contributed by atoms with Crippen LogP contribution in [-0.4, -0.2) is 29.5 Å². The molecule has 3 aromatic rings. The second-order valence-electron chi connectivity index (χ2n) is 5.07. The first-order valence-corrected chi connectivity index (χ1v) is 10.6. The molecule has 2 heterocycles. The summed E-state index contributed by atoms with van der Waals surface area (Å²) >= 11 is 7.95. The molecule has 26 heavy (non-hydrogen) atoms. The van der Waals surface area contributed by atoms with Crippen LogP contribution in [0.2, 0.25) is 5.02 Å². The molecule has 3 rings (SSSR count). The maximum absolute atomic E-state index is 12.4. The lowest BCUT2D eigenvalue weighted by Crippen LogP contribution is -2.12. The Hall–Kier alpha value is -2.08. The fourth-order valence-electron chi connectivity index (χ4n) is 1.94. The predicted octanol–water partition coefficient (Wildman–Crippen LogP) is 3.32. The van der Waals surface area contributed by atoms with Gasteiger partial charge >= 0.3 is 0 Å². The summed E-state index contributed by atoms with van der Waals surface area (Å²) in [6.45, 7) is 3.39. The van der Waals surface area contributed by atoms with E-state index >= 15 is 0 Å². The van der Waals surface area contributed by atoms with Crippen LogP contribution in [-0.2, 0) is 10.0 Å². The van der Waals surface area contributed by atoms with Crippen LogP contribution in [0, 0.1) is 13.8 Å². The average molecular weight is 430 g/mol. The number of hydrogen-bond acceptors (Lipinski definition) is 8. The topological polar surface area (TPSA) is 114 Å². The first kappa shape index (κ1) is 18.7. The standard InChI is InChI=1S/C14H12ClN5O3S3/c1-7-11(12(21)17-13-19-18-8(2)24-13)25-14(16-7)20-26(22,23)10-5-3-9(15)4-6-10/h3-6H,1-2H3,(H,16,20)(H,17,19,21). The van der Waals surface area contributed by atoms with E-state index in [0.29, 0.717) is 15.8 Å². The lowest BCUT2D eigenvalue weighted by molar-refractivity contribution is 0.102. The number of carbonyl (C=O) groups excluding carboxylic acids is 1. The second kappa shape index (κ2) is 7.27. The summed E-state index contributed by atoms with van der Waals surface area (Å²) in [5, 5.41) is 11.9. The van der Waals surface area contributed by atoms with Gasteiger partial charge in [0.15, 0.2) is 5.13 Å². The van der Waals surface area contributed by atoms with Gasteiger partial charge in [0.2, 0.25) is 5.13 Å². The molecule has 1 aromatic carbocycles. The Morgan fingerprint density at radius 1 is 1.08 bits per heavy atom. The van der Waals surface area contributed by atoms with Crippen molar-refractivity contribution in [1.82, 2.24) is 15.2 Å². The number of carbonyl (C=O) groups is 1. The molecule has 0 radical (unpaired) electrons. The number of thiazole rings is 1. The number of rotatable bonds is 5. The summed E-state index contributed by atoms with van der Waals surface area (Å²) in [5.74, 6) is -0.423. The van der Waals surface area contributed by atoms with Crippen molar-refractivity contribution >= 4 is 60.5 Å². The van der Waals surface area contributed by atoms with Crippen molar-refractivity contribution in [2.75, 3.05) is 10.0 Å². The quantitative estimate of drug-likeness (QED) is 0.643. The minimum atomic E-state index is -3.83. The number of hydrogen-bond donors (Lipinski definition) is 2. The number of aryl methyl sites for hydroxylation is 2. The third kappa shape index (κ3) is 4.18. The first-order chi connectivity index (χ1) is 12.2. The Morgan fingerprint density at radius 3 is 2.38 bits per heavy atom. The van der Waals surface area contributed by atoms with Gasteiger partial charge in [-0.15, -0.1) is 10.2 Å². The van der Waals surface area contributed by atoms with Gasteiger partial charge in [0.25, 0.3) is 15.9 Å². The van der Waals surface area contributed by atoms with Gasteiger partial charge in [-0.3, -0.25) is 14.8 Å². The van der Waals surface area contributed by atoms with Gasteiger partial charge in [-0.25, -0.2) is 13.4 Å².